The minimum Gasteiger partial charge on any atom is -0.359 e. The molecule has 1 aromatic carbocycles. The van der Waals surface area contributed by atoms with Crippen molar-refractivity contribution in [3.63, 3.8) is 0 Å². The Hall–Kier alpha value is -3.39. The molecule has 2 heterocycles. The number of unbranched alkanes of at least 4 members (excludes halogenated alkanes) is 1. The molecule has 5 N–H and O–H groups in total. The zero-order valence-corrected chi connectivity index (χ0v) is 16.4. The van der Waals surface area contributed by atoms with Crippen LogP contribution in [-0.2, 0) is 9.59 Å². The Morgan fingerprint density at radius 2 is 1.97 bits per heavy atom. The number of aromatic nitrogens is 1. The second-order valence-electron chi connectivity index (χ2n) is 7.07. The largest absolute Gasteiger partial charge is 0.359 e. The summed E-state index contributed by atoms with van der Waals surface area (Å²) in [7, 11) is 0. The molecule has 0 saturated heterocycles. The van der Waals surface area contributed by atoms with E-state index in [2.05, 4.69) is 15.6 Å². The molecule has 29 heavy (non-hydrogen) atoms. The van der Waals surface area contributed by atoms with Gasteiger partial charge in [-0.15, -0.1) is 0 Å². The van der Waals surface area contributed by atoms with Crippen molar-refractivity contribution >= 4 is 35.1 Å². The van der Waals surface area contributed by atoms with Crippen LogP contribution in [0.15, 0.2) is 24.3 Å². The summed E-state index contributed by atoms with van der Waals surface area (Å²) in [6.07, 6.45) is 3.17. The quantitative estimate of drug-likeness (QED) is 0.214. The number of hydrogen-bond donors (Lipinski definition) is 5. The van der Waals surface area contributed by atoms with Crippen molar-refractivity contribution in [3.05, 3.63) is 52.3 Å². The smallest absolute Gasteiger partial charge is 0.256 e. The fraction of sp³-hybridized carbons (Fsp3) is 0.286. The van der Waals surface area contributed by atoms with Crippen LogP contribution in [0.4, 0.5) is 5.69 Å². The number of benzene rings is 1. The zero-order valence-electron chi connectivity index (χ0n) is 16.4. The number of hydroxylamine groups is 1. The molecule has 3 amide bonds. The van der Waals surface area contributed by atoms with Crippen LogP contribution in [0.25, 0.3) is 11.6 Å². The monoisotopic (exact) mass is 396 g/mol. The van der Waals surface area contributed by atoms with Crippen molar-refractivity contribution in [1.82, 2.24) is 15.8 Å². The average molecular weight is 396 g/mol. The van der Waals surface area contributed by atoms with E-state index in [0.717, 1.165) is 17.0 Å². The fourth-order valence-electron chi connectivity index (χ4n) is 3.29. The van der Waals surface area contributed by atoms with E-state index in [4.69, 9.17) is 5.21 Å². The van der Waals surface area contributed by atoms with Crippen molar-refractivity contribution in [2.24, 2.45) is 0 Å². The van der Waals surface area contributed by atoms with Crippen molar-refractivity contribution in [2.75, 3.05) is 11.9 Å². The van der Waals surface area contributed by atoms with Crippen LogP contribution >= 0.6 is 0 Å². The van der Waals surface area contributed by atoms with Crippen LogP contribution in [0.3, 0.4) is 0 Å². The summed E-state index contributed by atoms with van der Waals surface area (Å²) in [5.41, 5.74) is 6.82. The van der Waals surface area contributed by atoms with Crippen molar-refractivity contribution in [1.29, 1.82) is 0 Å². The predicted molar refractivity (Wildman–Crippen MR) is 109 cm³/mol. The molecule has 0 spiro atoms. The molecule has 0 atom stereocenters. The van der Waals surface area contributed by atoms with Gasteiger partial charge in [0.1, 0.15) is 0 Å². The second-order valence-corrected chi connectivity index (χ2v) is 7.07. The normalized spacial score (nSPS) is 13.9. The molecular weight excluding hydrogens is 372 g/mol. The highest BCUT2D eigenvalue weighted by Gasteiger charge is 2.25. The molecular formula is C21H24N4O4. The van der Waals surface area contributed by atoms with Gasteiger partial charge in [-0.05, 0) is 62.6 Å². The molecule has 0 unspecified atom stereocenters. The van der Waals surface area contributed by atoms with E-state index in [1.54, 1.807) is 29.8 Å². The minimum absolute atomic E-state index is 0.199. The number of aromatic amines is 1. The van der Waals surface area contributed by atoms with Crippen molar-refractivity contribution < 1.29 is 19.6 Å². The molecule has 0 saturated carbocycles. The Morgan fingerprint density at radius 3 is 2.66 bits per heavy atom. The van der Waals surface area contributed by atoms with E-state index in [9.17, 15) is 14.4 Å². The second kappa shape index (κ2) is 8.74. The van der Waals surface area contributed by atoms with Gasteiger partial charge in [-0.25, -0.2) is 5.48 Å². The molecule has 2 aromatic rings. The molecule has 1 aromatic heterocycles. The number of nitrogens with one attached hydrogen (secondary N) is 4. The van der Waals surface area contributed by atoms with Crippen LogP contribution in [0.2, 0.25) is 0 Å². The molecule has 8 heteroatoms. The highest BCUT2D eigenvalue weighted by atomic mass is 16.5. The molecule has 0 aliphatic carbocycles. The zero-order chi connectivity index (χ0) is 21.0. The van der Waals surface area contributed by atoms with Gasteiger partial charge in [0.25, 0.3) is 11.8 Å². The number of hydrogen-bond acceptors (Lipinski definition) is 4. The maximum absolute atomic E-state index is 12.4. The average Bonchev–Trinajstić information content (AvgIpc) is 3.18. The van der Waals surface area contributed by atoms with E-state index < -0.39 is 5.91 Å². The highest BCUT2D eigenvalue weighted by molar-refractivity contribution is 6.35. The summed E-state index contributed by atoms with van der Waals surface area (Å²) in [5, 5.41) is 14.1. The van der Waals surface area contributed by atoms with Gasteiger partial charge in [-0.3, -0.25) is 19.6 Å². The van der Waals surface area contributed by atoms with Crippen LogP contribution in [0.1, 0.15) is 52.1 Å². The number of H-pyrrole nitrogens is 1. The van der Waals surface area contributed by atoms with E-state index in [1.165, 1.54) is 0 Å². The standard InChI is InChI=1S/C21H24N4O4/c1-12-9-13(2)23-18(12)11-16-15-10-14(6-7-17(15)24-21(16)28)20(27)22-8-4-3-5-19(26)25-29/h6-7,9-11,23,29H,3-5,8H2,1-2H3,(H,22,27)(H,24,28)(H,25,26)/b16-11-. The maximum atomic E-state index is 12.4. The van der Waals surface area contributed by atoms with Crippen molar-refractivity contribution in [2.45, 2.75) is 33.1 Å². The number of carbonyl (C=O) groups is 3. The SMILES string of the molecule is Cc1cc(C)c(/C=C2\C(=O)Nc3ccc(C(=O)NCCCCC(=O)NO)cc32)[nH]1. The van der Waals surface area contributed by atoms with Gasteiger partial charge in [0.05, 0.1) is 5.57 Å². The van der Waals surface area contributed by atoms with E-state index >= 15 is 0 Å². The third-order valence-corrected chi connectivity index (χ3v) is 4.78. The lowest BCUT2D eigenvalue weighted by atomic mass is 10.0. The highest BCUT2D eigenvalue weighted by Crippen LogP contribution is 2.34. The first-order valence-corrected chi connectivity index (χ1v) is 9.44. The maximum Gasteiger partial charge on any atom is 0.256 e. The summed E-state index contributed by atoms with van der Waals surface area (Å²) in [6.45, 7) is 4.34. The first kappa shape index (κ1) is 20.3. The number of amides is 3. The number of carbonyl (C=O) groups excluding carboxylic acids is 3. The summed E-state index contributed by atoms with van der Waals surface area (Å²) in [6, 6.07) is 7.11. The Labute approximate surface area is 168 Å². The van der Waals surface area contributed by atoms with E-state index in [1.807, 2.05) is 19.9 Å². The lowest BCUT2D eigenvalue weighted by molar-refractivity contribution is -0.129. The molecule has 0 fully saturated rings. The lowest BCUT2D eigenvalue weighted by Crippen LogP contribution is -2.25. The third kappa shape index (κ3) is 4.72. The van der Waals surface area contributed by atoms with Crippen LogP contribution in [0.5, 0.6) is 0 Å². The van der Waals surface area contributed by atoms with Crippen molar-refractivity contribution in [3.8, 4) is 0 Å². The summed E-state index contributed by atoms with van der Waals surface area (Å²) < 4.78 is 0. The molecule has 3 rings (SSSR count). The molecule has 152 valence electrons. The Kier molecular flexibility index (Phi) is 6.13. The molecule has 1 aliphatic heterocycles. The topological polar surface area (TPSA) is 123 Å². The van der Waals surface area contributed by atoms with Crippen LogP contribution in [-0.4, -0.2) is 34.5 Å². The number of fused-ring (bicyclic) bond motifs is 1. The molecule has 8 nitrogen and oxygen atoms in total. The Balaban J connectivity index is 1.71. The first-order valence-electron chi connectivity index (χ1n) is 9.44. The summed E-state index contributed by atoms with van der Waals surface area (Å²) >= 11 is 0. The minimum atomic E-state index is -0.445. The molecule has 0 bridgehead atoms. The molecule has 1 aliphatic rings. The summed E-state index contributed by atoms with van der Waals surface area (Å²) in [4.78, 5) is 39.0. The predicted octanol–water partition coefficient (Wildman–Crippen LogP) is 2.53. The third-order valence-electron chi connectivity index (χ3n) is 4.78. The van der Waals surface area contributed by atoms with E-state index in [-0.39, 0.29) is 18.2 Å². The Bertz CT molecular complexity index is 991. The fourth-order valence-corrected chi connectivity index (χ4v) is 3.29. The van der Waals surface area contributed by atoms with Crippen LogP contribution < -0.4 is 16.1 Å². The van der Waals surface area contributed by atoms with Gasteiger partial charge in [0.2, 0.25) is 5.91 Å². The summed E-state index contributed by atoms with van der Waals surface area (Å²) in [5.74, 6) is -0.893. The van der Waals surface area contributed by atoms with Gasteiger partial charge in [-0.1, -0.05) is 0 Å². The van der Waals surface area contributed by atoms with Gasteiger partial charge >= 0.3 is 0 Å². The number of rotatable bonds is 7. The molecule has 0 radical (unpaired) electrons. The van der Waals surface area contributed by atoms with Gasteiger partial charge < -0.3 is 15.6 Å². The number of anilines is 1. The Morgan fingerprint density at radius 1 is 1.17 bits per heavy atom. The number of aryl methyl sites for hydroxylation is 2. The van der Waals surface area contributed by atoms with Gasteiger partial charge in [-0.2, -0.15) is 0 Å². The van der Waals surface area contributed by atoms with Gasteiger partial charge in [0.15, 0.2) is 0 Å². The van der Waals surface area contributed by atoms with Gasteiger partial charge in [0, 0.05) is 41.2 Å². The lowest BCUT2D eigenvalue weighted by Gasteiger charge is -2.07. The van der Waals surface area contributed by atoms with Crippen LogP contribution in [0, 0.1) is 13.8 Å². The first-order chi connectivity index (χ1) is 13.9. The van der Waals surface area contributed by atoms with E-state index in [0.29, 0.717) is 41.8 Å².